The molecular weight excluding hydrogens is 575 g/mol. The number of pyridine rings is 3. The highest BCUT2D eigenvalue weighted by molar-refractivity contribution is 7.30. The number of hydrogen-bond donors (Lipinski definition) is 0. The third kappa shape index (κ3) is 4.13. The van der Waals surface area contributed by atoms with Gasteiger partial charge in [-0.3, -0.25) is 9.97 Å². The van der Waals surface area contributed by atoms with Crippen LogP contribution in [0.4, 0.5) is 0 Å². The maximum Gasteiger partial charge on any atom is 0.0724 e. The highest BCUT2D eigenvalue weighted by Crippen LogP contribution is 2.48. The summed E-state index contributed by atoms with van der Waals surface area (Å²) in [6.45, 7) is 0. The first-order chi connectivity index (χ1) is 21.8. The van der Waals surface area contributed by atoms with Crippen LogP contribution in [-0.4, -0.2) is 15.0 Å². The summed E-state index contributed by atoms with van der Waals surface area (Å²) in [6.07, 6.45) is 7.44. The summed E-state index contributed by atoms with van der Waals surface area (Å²) in [4.78, 5) is 14.1. The zero-order valence-corrected chi connectivity index (χ0v) is 25.1. The number of nitrogens with zero attached hydrogens (tertiary/aromatic N) is 3. The smallest absolute Gasteiger partial charge is 0.0724 e. The van der Waals surface area contributed by atoms with E-state index in [1.54, 1.807) is 0 Å². The molecule has 5 aromatic heterocycles. The van der Waals surface area contributed by atoms with Gasteiger partial charge in [0.25, 0.3) is 0 Å². The van der Waals surface area contributed by atoms with Crippen molar-refractivity contribution in [1.82, 2.24) is 15.0 Å². The van der Waals surface area contributed by atoms with Crippen LogP contribution in [-0.2, 0) is 0 Å². The topological polar surface area (TPSA) is 38.7 Å². The van der Waals surface area contributed by atoms with Crippen LogP contribution >= 0.6 is 22.7 Å². The highest BCUT2D eigenvalue weighted by Gasteiger charge is 2.19. The van der Waals surface area contributed by atoms with Gasteiger partial charge in [0.05, 0.1) is 11.4 Å². The van der Waals surface area contributed by atoms with Gasteiger partial charge in [0, 0.05) is 87.4 Å². The van der Waals surface area contributed by atoms with Crippen molar-refractivity contribution in [2.45, 2.75) is 0 Å². The standard InChI is InChI=1S/C39H23N3S2/c1-3-14-35-29(10-1)31-21-32(39-37(38(31)43-35)30-11-2-4-15-36(30)44-39)34-13-5-12-33(42-34)28-19-26(24-8-6-16-40-22-24)18-27(20-28)25-9-7-17-41-23-25/h1-23H. The lowest BCUT2D eigenvalue weighted by atomic mass is 9.96. The molecule has 9 rings (SSSR count). The first-order valence-corrected chi connectivity index (χ1v) is 16.1. The van der Waals surface area contributed by atoms with Crippen molar-refractivity contribution in [3.05, 3.63) is 140 Å². The molecule has 0 saturated heterocycles. The lowest BCUT2D eigenvalue weighted by Gasteiger charge is -2.12. The molecule has 9 aromatic rings. The fourth-order valence-corrected chi connectivity index (χ4v) is 8.72. The maximum atomic E-state index is 5.35. The van der Waals surface area contributed by atoms with E-state index in [0.29, 0.717) is 0 Å². The first kappa shape index (κ1) is 25.3. The fraction of sp³-hybridized carbons (Fsp3) is 0. The van der Waals surface area contributed by atoms with E-state index in [2.05, 4.69) is 113 Å². The van der Waals surface area contributed by atoms with Gasteiger partial charge in [0.2, 0.25) is 0 Å². The summed E-state index contributed by atoms with van der Waals surface area (Å²) in [5, 5.41) is 5.24. The van der Waals surface area contributed by atoms with Gasteiger partial charge in [-0.25, -0.2) is 4.98 Å². The number of aromatic nitrogens is 3. The molecule has 0 aliphatic rings. The van der Waals surface area contributed by atoms with E-state index in [1.807, 2.05) is 59.6 Å². The Hall–Kier alpha value is -5.23. The van der Waals surface area contributed by atoms with Crippen molar-refractivity contribution < 1.29 is 0 Å². The number of benzene rings is 4. The van der Waals surface area contributed by atoms with E-state index < -0.39 is 0 Å². The van der Waals surface area contributed by atoms with Gasteiger partial charge >= 0.3 is 0 Å². The highest BCUT2D eigenvalue weighted by atomic mass is 32.1. The van der Waals surface area contributed by atoms with Gasteiger partial charge in [0.1, 0.15) is 0 Å². The van der Waals surface area contributed by atoms with E-state index in [4.69, 9.17) is 4.98 Å². The average Bonchev–Trinajstić information content (AvgIpc) is 3.67. The maximum absolute atomic E-state index is 5.35. The Kier molecular flexibility index (Phi) is 5.86. The van der Waals surface area contributed by atoms with Crippen LogP contribution < -0.4 is 0 Å². The van der Waals surface area contributed by atoms with Gasteiger partial charge in [0.15, 0.2) is 0 Å². The molecule has 0 saturated carbocycles. The first-order valence-electron chi connectivity index (χ1n) is 14.5. The molecule has 0 aliphatic heterocycles. The van der Waals surface area contributed by atoms with E-state index >= 15 is 0 Å². The van der Waals surface area contributed by atoms with E-state index in [9.17, 15) is 0 Å². The molecule has 4 aromatic carbocycles. The van der Waals surface area contributed by atoms with Crippen LogP contribution in [0.25, 0.3) is 85.1 Å². The second-order valence-electron chi connectivity index (χ2n) is 10.9. The Labute approximate surface area is 261 Å². The lowest BCUT2D eigenvalue weighted by Crippen LogP contribution is -1.91. The predicted octanol–water partition coefficient (Wildman–Crippen LogP) is 11.3. The number of thiophene rings is 2. The van der Waals surface area contributed by atoms with Gasteiger partial charge in [-0.2, -0.15) is 0 Å². The molecular formula is C39H23N3S2. The molecule has 5 heterocycles. The van der Waals surface area contributed by atoms with Crippen molar-refractivity contribution in [3.8, 4) is 44.8 Å². The summed E-state index contributed by atoms with van der Waals surface area (Å²) in [5.41, 5.74) is 8.47. The summed E-state index contributed by atoms with van der Waals surface area (Å²) in [6, 6.07) is 41.1. The summed E-state index contributed by atoms with van der Waals surface area (Å²) in [7, 11) is 0. The number of rotatable bonds is 4. The summed E-state index contributed by atoms with van der Waals surface area (Å²) in [5.74, 6) is 0. The number of hydrogen-bond acceptors (Lipinski definition) is 5. The molecule has 0 atom stereocenters. The Bertz CT molecular complexity index is 2440. The van der Waals surface area contributed by atoms with Crippen LogP contribution in [0.2, 0.25) is 0 Å². The lowest BCUT2D eigenvalue weighted by molar-refractivity contribution is 1.31. The van der Waals surface area contributed by atoms with Gasteiger partial charge < -0.3 is 0 Å². The van der Waals surface area contributed by atoms with Gasteiger partial charge in [-0.15, -0.1) is 22.7 Å². The second-order valence-corrected chi connectivity index (χ2v) is 13.0. The fourth-order valence-electron chi connectivity index (χ4n) is 6.18. The second kappa shape index (κ2) is 10.2. The zero-order chi connectivity index (χ0) is 29.0. The van der Waals surface area contributed by atoms with Crippen LogP contribution in [0, 0.1) is 0 Å². The quantitative estimate of drug-likeness (QED) is 0.203. The zero-order valence-electron chi connectivity index (χ0n) is 23.4. The average molecular weight is 598 g/mol. The van der Waals surface area contributed by atoms with Crippen molar-refractivity contribution in [1.29, 1.82) is 0 Å². The molecule has 5 heteroatoms. The van der Waals surface area contributed by atoms with Crippen molar-refractivity contribution >= 4 is 63.0 Å². The minimum Gasteiger partial charge on any atom is -0.264 e. The molecule has 0 spiro atoms. The van der Waals surface area contributed by atoms with Crippen molar-refractivity contribution in [2.75, 3.05) is 0 Å². The SMILES string of the molecule is c1cncc(-c2cc(-c3cccnc3)cc(-c3cccc(-c4cc5c6ccccc6sc5c5c4sc4ccccc45)n3)c2)c1. The Morgan fingerprint density at radius 3 is 1.75 bits per heavy atom. The molecule has 0 fully saturated rings. The molecule has 3 nitrogen and oxygen atoms in total. The third-order valence-electron chi connectivity index (χ3n) is 8.23. The molecule has 0 radical (unpaired) electrons. The predicted molar refractivity (Wildman–Crippen MR) is 187 cm³/mol. The van der Waals surface area contributed by atoms with Gasteiger partial charge in [-0.1, -0.05) is 54.6 Å². The Morgan fingerprint density at radius 1 is 0.432 bits per heavy atom. The molecule has 0 unspecified atom stereocenters. The summed E-state index contributed by atoms with van der Waals surface area (Å²) < 4.78 is 5.25. The van der Waals surface area contributed by atoms with E-state index in [1.165, 1.54) is 45.9 Å². The Morgan fingerprint density at radius 2 is 1.05 bits per heavy atom. The normalized spacial score (nSPS) is 11.6. The molecule has 0 N–H and O–H groups in total. The van der Waals surface area contributed by atoms with Crippen LogP contribution in [0.3, 0.4) is 0 Å². The van der Waals surface area contributed by atoms with Crippen LogP contribution in [0.5, 0.6) is 0 Å². The third-order valence-corrected chi connectivity index (χ3v) is 10.6. The Balaban J connectivity index is 1.29. The molecule has 0 bridgehead atoms. The number of fused-ring (bicyclic) bond motifs is 7. The minimum absolute atomic E-state index is 0.933. The summed E-state index contributed by atoms with van der Waals surface area (Å²) >= 11 is 3.75. The molecule has 44 heavy (non-hydrogen) atoms. The molecule has 206 valence electrons. The molecule has 0 amide bonds. The van der Waals surface area contributed by atoms with Crippen LogP contribution in [0.15, 0.2) is 140 Å². The monoisotopic (exact) mass is 597 g/mol. The van der Waals surface area contributed by atoms with Gasteiger partial charge in [-0.05, 0) is 71.8 Å². The molecule has 0 aliphatic carbocycles. The van der Waals surface area contributed by atoms with Crippen LogP contribution in [0.1, 0.15) is 0 Å². The van der Waals surface area contributed by atoms with Crippen molar-refractivity contribution in [2.24, 2.45) is 0 Å². The minimum atomic E-state index is 0.933. The van der Waals surface area contributed by atoms with E-state index in [0.717, 1.165) is 39.2 Å². The van der Waals surface area contributed by atoms with E-state index in [-0.39, 0.29) is 0 Å². The van der Waals surface area contributed by atoms with Crippen molar-refractivity contribution in [3.63, 3.8) is 0 Å². The largest absolute Gasteiger partial charge is 0.264 e.